The van der Waals surface area contributed by atoms with Gasteiger partial charge in [-0.25, -0.2) is 15.0 Å². The summed E-state index contributed by atoms with van der Waals surface area (Å²) in [6.45, 7) is 1.84. The predicted molar refractivity (Wildman–Crippen MR) is 122 cm³/mol. The Bertz CT molecular complexity index is 1350. The molecule has 3 heterocycles. The fourth-order valence-corrected chi connectivity index (χ4v) is 4.24. The molecular weight excluding hydrogens is 408 g/mol. The maximum absolute atomic E-state index is 11.4. The van der Waals surface area contributed by atoms with Gasteiger partial charge in [0.2, 0.25) is 0 Å². The molecule has 3 atom stereocenters. The minimum absolute atomic E-state index is 0.204. The Morgan fingerprint density at radius 2 is 2.06 bits per heavy atom. The summed E-state index contributed by atoms with van der Waals surface area (Å²) in [7, 11) is 1.82. The molecule has 0 radical (unpaired) electrons. The maximum Gasteiger partial charge on any atom is 0.176 e. The Labute approximate surface area is 184 Å². The molecule has 9 nitrogen and oxygen atoms in total. The van der Waals surface area contributed by atoms with E-state index in [0.717, 1.165) is 16.7 Å². The highest BCUT2D eigenvalue weighted by atomic mass is 16.5. The lowest BCUT2D eigenvalue weighted by atomic mass is 10.0. The zero-order chi connectivity index (χ0) is 22.5. The first kappa shape index (κ1) is 20.2. The Kier molecular flexibility index (Phi) is 4.72. The van der Waals surface area contributed by atoms with Crippen LogP contribution in [-0.4, -0.2) is 49.0 Å². The lowest BCUT2D eigenvalue weighted by molar-refractivity contribution is -0.108. The predicted octanol–water partition coefficient (Wildman–Crippen LogP) is 2.41. The van der Waals surface area contributed by atoms with Crippen LogP contribution in [0.5, 0.6) is 5.75 Å². The zero-order valence-corrected chi connectivity index (χ0v) is 17.7. The van der Waals surface area contributed by atoms with Gasteiger partial charge in [-0.2, -0.15) is 0 Å². The number of benzene rings is 1. The molecule has 0 spiro atoms. The van der Waals surface area contributed by atoms with Crippen molar-refractivity contribution in [3.63, 3.8) is 0 Å². The Morgan fingerprint density at radius 1 is 1.25 bits per heavy atom. The van der Waals surface area contributed by atoms with Gasteiger partial charge in [0, 0.05) is 31.1 Å². The molecule has 1 aliphatic carbocycles. The number of pyridine rings is 1. The molecule has 0 saturated heterocycles. The van der Waals surface area contributed by atoms with Gasteiger partial charge in [0.25, 0.3) is 0 Å². The number of hydrogen-bond acceptors (Lipinski definition) is 8. The number of nitrogens with one attached hydrogen (secondary N) is 1. The van der Waals surface area contributed by atoms with Crippen molar-refractivity contribution in [2.24, 2.45) is 0 Å². The van der Waals surface area contributed by atoms with Crippen molar-refractivity contribution < 1.29 is 14.9 Å². The van der Waals surface area contributed by atoms with E-state index in [1.165, 1.54) is 6.33 Å². The molecule has 5 rings (SSSR count). The summed E-state index contributed by atoms with van der Waals surface area (Å²) < 4.78 is 7.66. The van der Waals surface area contributed by atoms with Crippen LogP contribution >= 0.6 is 0 Å². The summed E-state index contributed by atoms with van der Waals surface area (Å²) in [5.74, 6) is 1.72. The molecule has 0 saturated carbocycles. The van der Waals surface area contributed by atoms with Crippen molar-refractivity contribution in [1.29, 1.82) is 0 Å². The number of ether oxygens (including phenoxy) is 1. The maximum atomic E-state index is 11.4. The topological polar surface area (TPSA) is 131 Å². The third kappa shape index (κ3) is 3.14. The first-order valence-electron chi connectivity index (χ1n) is 10.3. The molecule has 3 aromatic heterocycles. The summed E-state index contributed by atoms with van der Waals surface area (Å²) in [6.07, 6.45) is 3.37. The van der Waals surface area contributed by atoms with Crippen LogP contribution in [0.25, 0.3) is 21.9 Å². The number of nitrogens with zero attached hydrogens (tertiary/aromatic N) is 4. The van der Waals surface area contributed by atoms with Crippen LogP contribution in [0.4, 0.5) is 11.6 Å². The molecule has 0 aliphatic heterocycles. The minimum atomic E-state index is -1.60. The van der Waals surface area contributed by atoms with Crippen LogP contribution in [0, 0.1) is 0 Å². The average molecular weight is 432 g/mol. The number of nitrogen functional groups attached to an aromatic ring is 1. The Hall–Kier alpha value is -3.69. The van der Waals surface area contributed by atoms with Gasteiger partial charge in [-0.3, -0.25) is 0 Å². The van der Waals surface area contributed by atoms with Crippen LogP contribution in [0.15, 0.2) is 60.6 Å². The van der Waals surface area contributed by atoms with E-state index in [1.54, 1.807) is 16.8 Å². The van der Waals surface area contributed by atoms with E-state index in [0.29, 0.717) is 28.2 Å². The second-order valence-corrected chi connectivity index (χ2v) is 7.93. The summed E-state index contributed by atoms with van der Waals surface area (Å²) in [6, 6.07) is 11.3. The molecule has 1 aromatic carbocycles. The van der Waals surface area contributed by atoms with E-state index in [-0.39, 0.29) is 6.42 Å². The number of aliphatic hydroxyl groups is 2. The van der Waals surface area contributed by atoms with Crippen LogP contribution in [0.2, 0.25) is 0 Å². The van der Waals surface area contributed by atoms with Gasteiger partial charge >= 0.3 is 0 Å². The van der Waals surface area contributed by atoms with Crippen molar-refractivity contribution in [2.75, 3.05) is 18.1 Å². The average Bonchev–Trinajstić information content (AvgIpc) is 3.36. The number of hydrogen-bond donors (Lipinski definition) is 4. The largest absolute Gasteiger partial charge is 0.486 e. The summed E-state index contributed by atoms with van der Waals surface area (Å²) in [4.78, 5) is 12.8. The summed E-state index contributed by atoms with van der Waals surface area (Å²) >= 11 is 0. The number of fused-ring (bicyclic) bond motifs is 2. The number of aliphatic hydroxyl groups excluding tert-OH is 1. The first-order valence-corrected chi connectivity index (χ1v) is 10.3. The molecule has 9 heteroatoms. The molecule has 3 unspecified atom stereocenters. The van der Waals surface area contributed by atoms with E-state index < -0.39 is 17.9 Å². The number of nitrogens with two attached hydrogens (primary N) is 1. The summed E-state index contributed by atoms with van der Waals surface area (Å²) in [5, 5.41) is 27.1. The smallest absolute Gasteiger partial charge is 0.176 e. The highest BCUT2D eigenvalue weighted by Crippen LogP contribution is 2.39. The van der Waals surface area contributed by atoms with Crippen molar-refractivity contribution in [2.45, 2.75) is 31.3 Å². The Morgan fingerprint density at radius 3 is 2.88 bits per heavy atom. The first-order chi connectivity index (χ1) is 15.4. The molecule has 0 amide bonds. The third-order valence-corrected chi connectivity index (χ3v) is 6.02. The lowest BCUT2D eigenvalue weighted by Gasteiger charge is -2.32. The van der Waals surface area contributed by atoms with Crippen molar-refractivity contribution in [3.05, 3.63) is 60.6 Å². The molecular formula is C23H24N6O3. The van der Waals surface area contributed by atoms with Crippen LogP contribution in [0.3, 0.4) is 0 Å². The van der Waals surface area contributed by atoms with E-state index in [2.05, 4.69) is 20.3 Å². The second-order valence-electron chi connectivity index (χ2n) is 7.93. The highest BCUT2D eigenvalue weighted by molar-refractivity contribution is 5.86. The summed E-state index contributed by atoms with van der Waals surface area (Å²) in [5.41, 5.74) is 6.17. The van der Waals surface area contributed by atoms with Gasteiger partial charge in [0.05, 0.1) is 10.9 Å². The Balaban J connectivity index is 1.40. The molecule has 0 bridgehead atoms. The van der Waals surface area contributed by atoms with Crippen molar-refractivity contribution >= 4 is 33.6 Å². The van der Waals surface area contributed by atoms with Crippen molar-refractivity contribution in [1.82, 2.24) is 19.5 Å². The van der Waals surface area contributed by atoms with E-state index >= 15 is 0 Å². The van der Waals surface area contributed by atoms with Gasteiger partial charge in [-0.15, -0.1) is 0 Å². The molecule has 5 N–H and O–H groups in total. The molecule has 0 fully saturated rings. The second kappa shape index (κ2) is 7.47. The minimum Gasteiger partial charge on any atom is -0.486 e. The normalized spacial score (nSPS) is 21.6. The van der Waals surface area contributed by atoms with E-state index in [9.17, 15) is 10.2 Å². The molecule has 164 valence electrons. The monoisotopic (exact) mass is 432 g/mol. The van der Waals surface area contributed by atoms with Crippen molar-refractivity contribution in [3.8, 4) is 5.75 Å². The van der Waals surface area contributed by atoms with Gasteiger partial charge in [0.15, 0.2) is 5.72 Å². The lowest BCUT2D eigenvalue weighted by Crippen LogP contribution is -2.44. The third-order valence-electron chi connectivity index (χ3n) is 6.02. The number of anilines is 2. The number of aromatic nitrogens is 4. The zero-order valence-electron chi connectivity index (χ0n) is 17.7. The molecule has 1 aliphatic rings. The van der Waals surface area contributed by atoms with Crippen LogP contribution in [-0.2, 0) is 5.72 Å². The van der Waals surface area contributed by atoms with Gasteiger partial charge in [-0.05, 0) is 42.8 Å². The van der Waals surface area contributed by atoms with Gasteiger partial charge in [-0.1, -0.05) is 6.08 Å². The van der Waals surface area contributed by atoms with Gasteiger partial charge < -0.3 is 30.6 Å². The quantitative estimate of drug-likeness (QED) is 0.354. The van der Waals surface area contributed by atoms with E-state index in [1.807, 2.05) is 50.4 Å². The molecule has 32 heavy (non-hydrogen) atoms. The van der Waals surface area contributed by atoms with Gasteiger partial charge in [0.1, 0.15) is 41.6 Å². The standard InChI is InChI=1S/C23H24N6O3/c1-13(32-15-5-3-14-4-6-19(25-2)28-18(14)11-15)16-7-9-23(31,20(16)30)29-10-8-17-21(24)26-12-27-22(17)29/h3-8,10-13,20,30-31H,9H2,1-2H3,(H,25,28)(H2,24,26,27). The number of rotatable bonds is 5. The molecule has 4 aromatic rings. The van der Waals surface area contributed by atoms with E-state index in [4.69, 9.17) is 10.5 Å². The fourth-order valence-electron chi connectivity index (χ4n) is 4.24. The van der Waals surface area contributed by atoms with Crippen LogP contribution < -0.4 is 15.8 Å². The SMILES string of the molecule is CNc1ccc2ccc(OC(C)C3=CCC(O)(n4ccc5c(N)ncnc54)C3O)cc2n1. The highest BCUT2D eigenvalue weighted by Gasteiger charge is 2.46. The van der Waals surface area contributed by atoms with Crippen LogP contribution in [0.1, 0.15) is 13.3 Å². The fraction of sp³-hybridized carbons (Fsp3) is 0.261.